The summed E-state index contributed by atoms with van der Waals surface area (Å²) >= 11 is 0. The summed E-state index contributed by atoms with van der Waals surface area (Å²) < 4.78 is 5.19. The molecule has 1 fully saturated rings. The van der Waals surface area contributed by atoms with Crippen molar-refractivity contribution in [3.63, 3.8) is 0 Å². The first-order valence-corrected chi connectivity index (χ1v) is 4.92. The van der Waals surface area contributed by atoms with Crippen molar-refractivity contribution in [2.45, 2.75) is 31.2 Å². The van der Waals surface area contributed by atoms with Gasteiger partial charge in [0, 0.05) is 14.1 Å². The summed E-state index contributed by atoms with van der Waals surface area (Å²) in [6, 6.07) is 0. The van der Waals surface area contributed by atoms with Gasteiger partial charge >= 0.3 is 0 Å². The highest BCUT2D eigenvalue weighted by Crippen LogP contribution is 2.35. The molecule has 1 aromatic rings. The third kappa shape index (κ3) is 1.48. The molecular weight excluding hydrogens is 180 g/mol. The molecule has 1 saturated carbocycles. The van der Waals surface area contributed by atoms with Gasteiger partial charge in [0.25, 0.3) is 5.95 Å². The number of rotatable bonds is 2. The van der Waals surface area contributed by atoms with Crippen LogP contribution in [0.2, 0.25) is 0 Å². The molecular formula is C9H16N4O. The predicted molar refractivity (Wildman–Crippen MR) is 53.0 cm³/mol. The molecule has 1 heterocycles. The van der Waals surface area contributed by atoms with Crippen molar-refractivity contribution in [2.24, 2.45) is 5.73 Å². The Labute approximate surface area is 83.3 Å². The lowest BCUT2D eigenvalue weighted by molar-refractivity contribution is 0.285. The Balaban J connectivity index is 2.23. The zero-order chi connectivity index (χ0) is 10.2. The van der Waals surface area contributed by atoms with Crippen molar-refractivity contribution in [3.8, 4) is 0 Å². The van der Waals surface area contributed by atoms with Crippen LogP contribution in [0.3, 0.4) is 0 Å². The lowest BCUT2D eigenvalue weighted by Crippen LogP contribution is -2.33. The average molecular weight is 196 g/mol. The molecule has 2 N–H and O–H groups in total. The van der Waals surface area contributed by atoms with Gasteiger partial charge in [0.05, 0.1) is 5.54 Å². The lowest BCUT2D eigenvalue weighted by Gasteiger charge is -2.17. The molecule has 0 saturated heterocycles. The molecule has 0 radical (unpaired) electrons. The minimum absolute atomic E-state index is 0.374. The van der Waals surface area contributed by atoms with Gasteiger partial charge in [0.1, 0.15) is 0 Å². The molecule has 0 atom stereocenters. The molecule has 0 unspecified atom stereocenters. The smallest absolute Gasteiger partial charge is 0.265 e. The van der Waals surface area contributed by atoms with Crippen LogP contribution < -0.4 is 10.6 Å². The molecule has 5 heteroatoms. The van der Waals surface area contributed by atoms with Crippen LogP contribution in [0.1, 0.15) is 31.6 Å². The van der Waals surface area contributed by atoms with Crippen LogP contribution in [0, 0.1) is 0 Å². The first-order valence-electron chi connectivity index (χ1n) is 4.92. The zero-order valence-electron chi connectivity index (χ0n) is 8.66. The Bertz CT molecular complexity index is 314. The molecule has 0 aliphatic heterocycles. The van der Waals surface area contributed by atoms with Crippen LogP contribution in [0.15, 0.2) is 4.52 Å². The highest BCUT2D eigenvalue weighted by atomic mass is 16.5. The molecule has 2 rings (SSSR count). The number of hydrogen-bond acceptors (Lipinski definition) is 5. The topological polar surface area (TPSA) is 68.2 Å². The van der Waals surface area contributed by atoms with Crippen LogP contribution in [-0.2, 0) is 5.54 Å². The lowest BCUT2D eigenvalue weighted by atomic mass is 10.00. The van der Waals surface area contributed by atoms with Crippen LogP contribution >= 0.6 is 0 Å². The maximum Gasteiger partial charge on any atom is 0.265 e. The third-order valence-electron chi connectivity index (χ3n) is 2.74. The maximum absolute atomic E-state index is 6.18. The van der Waals surface area contributed by atoms with Gasteiger partial charge in [-0.25, -0.2) is 0 Å². The monoisotopic (exact) mass is 196 g/mol. The van der Waals surface area contributed by atoms with E-state index in [-0.39, 0.29) is 5.54 Å². The average Bonchev–Trinajstić information content (AvgIpc) is 2.71. The number of nitrogens with zero attached hydrogens (tertiary/aromatic N) is 3. The van der Waals surface area contributed by atoms with Crippen molar-refractivity contribution in [1.29, 1.82) is 0 Å². The van der Waals surface area contributed by atoms with Crippen LogP contribution in [0.5, 0.6) is 0 Å². The second-order valence-corrected chi connectivity index (χ2v) is 4.16. The summed E-state index contributed by atoms with van der Waals surface area (Å²) in [6.45, 7) is 0. The van der Waals surface area contributed by atoms with E-state index < -0.39 is 0 Å². The summed E-state index contributed by atoms with van der Waals surface area (Å²) in [7, 11) is 3.76. The SMILES string of the molecule is CN(C)c1noc(C2(N)CCCC2)n1. The van der Waals surface area contributed by atoms with Crippen molar-refractivity contribution < 1.29 is 4.52 Å². The fourth-order valence-electron chi connectivity index (χ4n) is 1.82. The van der Waals surface area contributed by atoms with Gasteiger partial charge in [-0.05, 0) is 18.0 Å². The van der Waals surface area contributed by atoms with E-state index in [4.69, 9.17) is 10.3 Å². The quantitative estimate of drug-likeness (QED) is 0.760. The van der Waals surface area contributed by atoms with E-state index in [0.717, 1.165) is 25.7 Å². The molecule has 1 aliphatic rings. The molecule has 14 heavy (non-hydrogen) atoms. The minimum Gasteiger partial charge on any atom is -0.344 e. The van der Waals surface area contributed by atoms with Crippen molar-refractivity contribution in [1.82, 2.24) is 10.1 Å². The van der Waals surface area contributed by atoms with E-state index in [9.17, 15) is 0 Å². The molecule has 0 amide bonds. The van der Waals surface area contributed by atoms with Gasteiger partial charge in [-0.2, -0.15) is 4.98 Å². The molecule has 0 bridgehead atoms. The summed E-state index contributed by atoms with van der Waals surface area (Å²) in [5.41, 5.74) is 5.81. The summed E-state index contributed by atoms with van der Waals surface area (Å²) in [6.07, 6.45) is 4.19. The summed E-state index contributed by atoms with van der Waals surface area (Å²) in [5.74, 6) is 1.18. The number of aromatic nitrogens is 2. The minimum atomic E-state index is -0.374. The van der Waals surface area contributed by atoms with E-state index in [1.165, 1.54) is 0 Å². The van der Waals surface area contributed by atoms with Gasteiger partial charge in [0.2, 0.25) is 5.89 Å². The first kappa shape index (κ1) is 9.45. The highest BCUT2D eigenvalue weighted by Gasteiger charge is 2.36. The van der Waals surface area contributed by atoms with Crippen LogP contribution in [-0.4, -0.2) is 24.2 Å². The molecule has 1 aromatic heterocycles. The second kappa shape index (κ2) is 3.24. The van der Waals surface area contributed by atoms with E-state index in [0.29, 0.717) is 11.8 Å². The molecule has 1 aliphatic carbocycles. The first-order chi connectivity index (χ1) is 6.62. The Morgan fingerprint density at radius 1 is 1.36 bits per heavy atom. The number of nitrogens with two attached hydrogens (primary N) is 1. The molecule has 0 spiro atoms. The zero-order valence-corrected chi connectivity index (χ0v) is 8.66. The van der Waals surface area contributed by atoms with Crippen molar-refractivity contribution in [3.05, 3.63) is 5.89 Å². The Kier molecular flexibility index (Phi) is 2.19. The molecule has 0 aromatic carbocycles. The second-order valence-electron chi connectivity index (χ2n) is 4.16. The van der Waals surface area contributed by atoms with E-state index >= 15 is 0 Å². The molecule has 78 valence electrons. The highest BCUT2D eigenvalue weighted by molar-refractivity contribution is 5.25. The normalized spacial score (nSPS) is 19.9. The van der Waals surface area contributed by atoms with Gasteiger partial charge < -0.3 is 15.2 Å². The molecule has 5 nitrogen and oxygen atoms in total. The van der Waals surface area contributed by atoms with Crippen LogP contribution in [0.4, 0.5) is 5.95 Å². The van der Waals surface area contributed by atoms with Gasteiger partial charge in [-0.15, -0.1) is 0 Å². The number of hydrogen-bond donors (Lipinski definition) is 1. The fraction of sp³-hybridized carbons (Fsp3) is 0.778. The van der Waals surface area contributed by atoms with Crippen molar-refractivity contribution in [2.75, 3.05) is 19.0 Å². The third-order valence-corrected chi connectivity index (χ3v) is 2.74. The largest absolute Gasteiger partial charge is 0.344 e. The van der Waals surface area contributed by atoms with Gasteiger partial charge in [-0.3, -0.25) is 0 Å². The maximum atomic E-state index is 6.18. The Morgan fingerprint density at radius 3 is 2.50 bits per heavy atom. The standard InChI is InChI=1S/C9H16N4O/c1-13(2)8-11-7(14-12-8)9(10)5-3-4-6-9/h3-6,10H2,1-2H3. The van der Waals surface area contributed by atoms with E-state index in [1.807, 2.05) is 19.0 Å². The van der Waals surface area contributed by atoms with E-state index in [1.54, 1.807) is 0 Å². The summed E-state index contributed by atoms with van der Waals surface area (Å²) in [4.78, 5) is 6.10. The van der Waals surface area contributed by atoms with E-state index in [2.05, 4.69) is 10.1 Å². The fourth-order valence-corrected chi connectivity index (χ4v) is 1.82. The summed E-state index contributed by atoms with van der Waals surface area (Å²) in [5, 5.41) is 3.87. The Morgan fingerprint density at radius 2 is 2.00 bits per heavy atom. The van der Waals surface area contributed by atoms with Gasteiger partial charge in [-0.1, -0.05) is 12.8 Å². The number of anilines is 1. The van der Waals surface area contributed by atoms with Crippen LogP contribution in [0.25, 0.3) is 0 Å². The Hall–Kier alpha value is -1.10. The van der Waals surface area contributed by atoms with Gasteiger partial charge in [0.15, 0.2) is 0 Å². The predicted octanol–water partition coefficient (Wildman–Crippen LogP) is 0.864. The van der Waals surface area contributed by atoms with Crippen molar-refractivity contribution >= 4 is 5.95 Å².